The van der Waals surface area contributed by atoms with Crippen LogP contribution in [0.5, 0.6) is 0 Å². The number of carboxylic acid groups (broad SMARTS) is 2. The van der Waals surface area contributed by atoms with E-state index in [-0.39, 0.29) is 33.3 Å². The van der Waals surface area contributed by atoms with Gasteiger partial charge in [0.25, 0.3) is 0 Å². The summed E-state index contributed by atoms with van der Waals surface area (Å²) in [6.07, 6.45) is 2.54. The molecule has 0 aromatic rings. The maximum absolute atomic E-state index is 9.75. The average Bonchev–Trinajstić information content (AvgIpc) is 2.19. The molecule has 0 saturated carbocycles. The molecular weight excluding hydrogens is 423 g/mol. The molecule has 0 aliphatic carbocycles. The summed E-state index contributed by atoms with van der Waals surface area (Å²) in [7, 11) is 0. The van der Waals surface area contributed by atoms with Gasteiger partial charge in [-0.25, -0.2) is 0 Å². The molecule has 0 amide bonds. The number of hydrogen-bond donors (Lipinski definition) is 0. The maximum atomic E-state index is 9.75. The number of hydrogen-bond acceptors (Lipinski definition) is 6. The Morgan fingerprint density at radius 3 is 1.24 bits per heavy atom. The molecule has 92 valence electrons. The number of carboxylic acids is 2. The number of rotatable bonds is 3. The van der Waals surface area contributed by atoms with Crippen LogP contribution < -0.4 is 10.2 Å². The minimum Gasteiger partial charge on any atom is -0.545 e. The SMILES string of the molecule is C=CC(=O)[O-].C=CC(=O)[O-].C=COC(C)=O.[Pb+2]. The Kier molecular flexibility index (Phi) is 29.1. The predicted molar refractivity (Wildman–Crippen MR) is 58.1 cm³/mol. The van der Waals surface area contributed by atoms with Crippen molar-refractivity contribution in [1.82, 2.24) is 0 Å². The van der Waals surface area contributed by atoms with Crippen LogP contribution in [0.15, 0.2) is 38.2 Å². The molecule has 0 heterocycles. The van der Waals surface area contributed by atoms with Gasteiger partial charge < -0.3 is 24.5 Å². The van der Waals surface area contributed by atoms with Crippen molar-refractivity contribution in [2.75, 3.05) is 0 Å². The second-order valence-electron chi connectivity index (χ2n) is 1.82. The summed E-state index contributed by atoms with van der Waals surface area (Å²) in [5, 5.41) is 18.3. The number of esters is 1. The second kappa shape index (κ2) is 20.0. The number of aliphatic carboxylic acids is 2. The van der Waals surface area contributed by atoms with Gasteiger partial charge in [-0.15, -0.1) is 0 Å². The molecule has 0 unspecified atom stereocenters. The molecule has 2 radical (unpaired) electrons. The molecule has 0 bridgehead atoms. The first-order valence-corrected chi connectivity index (χ1v) is 3.76. The Bertz CT molecular complexity index is 254. The Hall–Kier alpha value is -1.45. The molecule has 7 heteroatoms. The minimum absolute atomic E-state index is 0. The van der Waals surface area contributed by atoms with E-state index in [1.165, 1.54) is 6.92 Å². The van der Waals surface area contributed by atoms with Crippen molar-refractivity contribution in [3.63, 3.8) is 0 Å². The van der Waals surface area contributed by atoms with Crippen molar-refractivity contribution in [3.05, 3.63) is 38.2 Å². The summed E-state index contributed by atoms with van der Waals surface area (Å²) in [5.74, 6) is -2.79. The fourth-order valence-corrected chi connectivity index (χ4v) is 0.117. The number of ether oxygens (including phenoxy) is 1. The van der Waals surface area contributed by atoms with Crippen LogP contribution in [0.4, 0.5) is 0 Å². The van der Waals surface area contributed by atoms with Crippen LogP contribution in [0, 0.1) is 0 Å². The second-order valence-corrected chi connectivity index (χ2v) is 1.82. The first-order valence-electron chi connectivity index (χ1n) is 3.76. The molecule has 0 atom stereocenters. The quantitative estimate of drug-likeness (QED) is 0.223. The Balaban J connectivity index is -0.0000000729. The zero-order valence-corrected chi connectivity index (χ0v) is 13.2. The maximum Gasteiger partial charge on any atom is 2.00 e. The minimum atomic E-state index is -1.23. The smallest absolute Gasteiger partial charge is 0.545 e. The van der Waals surface area contributed by atoms with Crippen molar-refractivity contribution >= 4 is 45.2 Å². The summed E-state index contributed by atoms with van der Waals surface area (Å²) < 4.78 is 4.17. The van der Waals surface area contributed by atoms with E-state index in [1.807, 2.05) is 0 Å². The van der Waals surface area contributed by atoms with Crippen molar-refractivity contribution in [2.24, 2.45) is 0 Å². The molecule has 0 spiro atoms. The fraction of sp³-hybridized carbons (Fsp3) is 0.100. The van der Waals surface area contributed by atoms with Crippen molar-refractivity contribution in [1.29, 1.82) is 0 Å². The largest absolute Gasteiger partial charge is 2.00 e. The van der Waals surface area contributed by atoms with E-state index in [0.29, 0.717) is 0 Å². The third-order valence-electron chi connectivity index (χ3n) is 0.583. The van der Waals surface area contributed by atoms with Gasteiger partial charge in [-0.05, 0) is 12.2 Å². The standard InChI is InChI=1S/C4H6O2.2C3H4O2.Pb/c1-3-6-4(2)5;2*1-2-3(4)5;/h3H,1H2,2H3;2*2H,1H2,(H,4,5);/q;;;+2/p-2. The Morgan fingerprint density at radius 2 is 1.24 bits per heavy atom. The zero-order valence-electron chi connectivity index (χ0n) is 9.30. The predicted octanol–water partition coefficient (Wildman–Crippen LogP) is -1.84. The van der Waals surface area contributed by atoms with Crippen molar-refractivity contribution in [2.45, 2.75) is 6.92 Å². The Labute approximate surface area is 119 Å². The van der Waals surface area contributed by atoms with Gasteiger partial charge >= 0.3 is 33.3 Å². The van der Waals surface area contributed by atoms with Crippen molar-refractivity contribution < 1.29 is 29.3 Å². The van der Waals surface area contributed by atoms with Gasteiger partial charge in [0.15, 0.2) is 0 Å². The van der Waals surface area contributed by atoms with Crippen LogP contribution in [0.1, 0.15) is 6.92 Å². The molecule has 0 rings (SSSR count). The summed E-state index contributed by atoms with van der Waals surface area (Å²) in [6.45, 7) is 10.3. The van der Waals surface area contributed by atoms with E-state index < -0.39 is 11.9 Å². The van der Waals surface area contributed by atoms with E-state index in [1.54, 1.807) is 0 Å². The van der Waals surface area contributed by atoms with Crippen LogP contribution in [-0.4, -0.2) is 45.2 Å². The average molecular weight is 435 g/mol. The first-order chi connectivity index (χ1) is 7.31. The van der Waals surface area contributed by atoms with E-state index >= 15 is 0 Å². The molecule has 0 aromatic carbocycles. The van der Waals surface area contributed by atoms with E-state index in [4.69, 9.17) is 19.8 Å². The third-order valence-corrected chi connectivity index (χ3v) is 0.583. The first kappa shape index (κ1) is 24.7. The Morgan fingerprint density at radius 1 is 1.00 bits per heavy atom. The van der Waals surface area contributed by atoms with Crippen LogP contribution in [0.25, 0.3) is 0 Å². The molecule has 0 fully saturated rings. The molecule has 17 heavy (non-hydrogen) atoms. The fourth-order valence-electron chi connectivity index (χ4n) is 0.117. The van der Waals surface area contributed by atoms with Crippen LogP contribution in [0.3, 0.4) is 0 Å². The van der Waals surface area contributed by atoms with E-state index in [0.717, 1.165) is 18.4 Å². The molecule has 0 aromatic heterocycles. The summed E-state index contributed by atoms with van der Waals surface area (Å²) in [4.78, 5) is 28.0. The third kappa shape index (κ3) is 74.4. The topological polar surface area (TPSA) is 107 Å². The molecule has 0 N–H and O–H groups in total. The van der Waals surface area contributed by atoms with Crippen LogP contribution >= 0.6 is 0 Å². The molecule has 0 aliphatic rings. The van der Waals surface area contributed by atoms with E-state index in [9.17, 15) is 4.79 Å². The van der Waals surface area contributed by atoms with Gasteiger partial charge in [0.1, 0.15) is 0 Å². The van der Waals surface area contributed by atoms with Gasteiger partial charge in [-0.2, -0.15) is 0 Å². The zero-order chi connectivity index (χ0) is 13.6. The number of carbonyl (C=O) groups is 3. The van der Waals surface area contributed by atoms with Gasteiger partial charge in [0.05, 0.1) is 18.2 Å². The monoisotopic (exact) mass is 436 g/mol. The summed E-state index contributed by atoms with van der Waals surface area (Å²) >= 11 is 0. The molecular formula is C10H12O6Pb. The van der Waals surface area contributed by atoms with Gasteiger partial charge in [0.2, 0.25) is 0 Å². The van der Waals surface area contributed by atoms with Gasteiger partial charge in [0, 0.05) is 6.92 Å². The van der Waals surface area contributed by atoms with Gasteiger partial charge in [-0.3, -0.25) is 4.79 Å². The molecule has 0 aliphatic heterocycles. The summed E-state index contributed by atoms with van der Waals surface area (Å²) in [5.41, 5.74) is 0. The van der Waals surface area contributed by atoms with Gasteiger partial charge in [-0.1, -0.05) is 19.7 Å². The molecule has 0 saturated heterocycles. The number of carbonyl (C=O) groups excluding carboxylic acids is 3. The summed E-state index contributed by atoms with van der Waals surface area (Å²) in [6, 6.07) is 0. The molecule has 6 nitrogen and oxygen atoms in total. The van der Waals surface area contributed by atoms with Crippen LogP contribution in [0.2, 0.25) is 0 Å². The van der Waals surface area contributed by atoms with Crippen molar-refractivity contribution in [3.8, 4) is 0 Å². The van der Waals surface area contributed by atoms with Crippen LogP contribution in [-0.2, 0) is 19.1 Å². The van der Waals surface area contributed by atoms with E-state index in [2.05, 4.69) is 24.5 Å². The normalized spacial score (nSPS) is 6.18.